The summed E-state index contributed by atoms with van der Waals surface area (Å²) in [7, 11) is 0. The molecule has 11 heteroatoms. The first kappa shape index (κ1) is 30.8. The number of alkyl halides is 1. The second kappa shape index (κ2) is 11.8. The van der Waals surface area contributed by atoms with Gasteiger partial charge in [-0.25, -0.2) is 8.78 Å². The maximum atomic E-state index is 16.6. The number of ether oxygens (including phenoxy) is 1. The molecule has 2 aliphatic heterocycles. The van der Waals surface area contributed by atoms with Gasteiger partial charge in [-0.15, -0.1) is 0 Å². The molecular weight excluding hydrogens is 587 g/mol. The molecule has 1 aromatic heterocycles. The van der Waals surface area contributed by atoms with E-state index in [2.05, 4.69) is 10.3 Å². The van der Waals surface area contributed by atoms with Crippen LogP contribution in [0.1, 0.15) is 65.9 Å². The van der Waals surface area contributed by atoms with E-state index < -0.39 is 34.8 Å². The Balaban J connectivity index is 1.74. The van der Waals surface area contributed by atoms with Gasteiger partial charge in [0.2, 0.25) is 0 Å². The molecule has 0 saturated carbocycles. The number of carbonyl (C=O) groups is 1. The third kappa shape index (κ3) is 5.20. The van der Waals surface area contributed by atoms with Crippen LogP contribution in [0.15, 0.2) is 54.7 Å². The highest BCUT2D eigenvalue weighted by atomic mass is 35.5. The van der Waals surface area contributed by atoms with Crippen LogP contribution in [0, 0.1) is 5.82 Å². The molecule has 0 spiro atoms. The molecule has 3 heterocycles. The summed E-state index contributed by atoms with van der Waals surface area (Å²) in [5.74, 6) is -1.47. The number of hydrogen-bond donors (Lipinski definition) is 3. The number of halogens is 4. The van der Waals surface area contributed by atoms with Crippen molar-refractivity contribution >= 4 is 29.1 Å². The number of aromatic nitrogens is 1. The third-order valence-electron chi connectivity index (χ3n) is 8.29. The van der Waals surface area contributed by atoms with E-state index in [1.54, 1.807) is 43.3 Å². The highest BCUT2D eigenvalue weighted by Crippen LogP contribution is 2.51. The zero-order valence-corrected chi connectivity index (χ0v) is 24.9. The molecule has 5 rings (SSSR count). The average molecular weight is 621 g/mol. The number of piperidine rings is 1. The Morgan fingerprint density at radius 3 is 2.40 bits per heavy atom. The topological polar surface area (TPSA) is 94.9 Å². The molecule has 0 bridgehead atoms. The van der Waals surface area contributed by atoms with Crippen LogP contribution in [0.25, 0.3) is 0 Å². The van der Waals surface area contributed by atoms with Crippen molar-refractivity contribution in [2.45, 2.75) is 62.8 Å². The summed E-state index contributed by atoms with van der Waals surface area (Å²) in [5.41, 5.74) is -5.29. The molecule has 3 N–H and O–H groups in total. The van der Waals surface area contributed by atoms with Crippen molar-refractivity contribution in [3.8, 4) is 0 Å². The fourth-order valence-electron chi connectivity index (χ4n) is 6.09. The first-order valence-electron chi connectivity index (χ1n) is 13.9. The van der Waals surface area contributed by atoms with E-state index in [9.17, 15) is 15.0 Å². The molecular formula is C31H33Cl2F2N3O4. The zero-order chi connectivity index (χ0) is 30.3. The lowest BCUT2D eigenvalue weighted by molar-refractivity contribution is -0.132. The van der Waals surface area contributed by atoms with Crippen LogP contribution < -0.4 is 5.32 Å². The molecule has 0 aliphatic carbocycles. The summed E-state index contributed by atoms with van der Waals surface area (Å²) in [5, 5.41) is 25.9. The molecule has 42 heavy (non-hydrogen) atoms. The Morgan fingerprint density at radius 1 is 1.14 bits per heavy atom. The van der Waals surface area contributed by atoms with Gasteiger partial charge in [0, 0.05) is 16.8 Å². The number of pyridine rings is 1. The lowest BCUT2D eigenvalue weighted by atomic mass is 9.71. The van der Waals surface area contributed by atoms with E-state index in [-0.39, 0.29) is 49.1 Å². The standard InChI is InChI=1S/C31H33Cl2F2N3O4/c1-3-30(41,29(35)10-12-36-13-11-29)21-14-25-27(26(34)15-21)31(42-18-19(2)39,20-4-6-22(32)7-5-20)38(28(25)40)17-24-9-8-23(33)16-37-24/h4-9,14-16,19,36,39,41H,3,10-13,17-18H2,1-2H3/t19?,30?,31-/m1/s1. The summed E-state index contributed by atoms with van der Waals surface area (Å²) in [6.45, 7) is 3.51. The Labute approximate surface area is 253 Å². The lowest BCUT2D eigenvalue weighted by Gasteiger charge is -2.44. The van der Waals surface area contributed by atoms with Gasteiger partial charge < -0.3 is 20.3 Å². The van der Waals surface area contributed by atoms with Crippen molar-refractivity contribution in [1.82, 2.24) is 15.2 Å². The van der Waals surface area contributed by atoms with Crippen LogP contribution in [0.3, 0.4) is 0 Å². The van der Waals surface area contributed by atoms with Gasteiger partial charge in [0.15, 0.2) is 5.72 Å². The predicted octanol–water partition coefficient (Wildman–Crippen LogP) is 5.47. The molecule has 2 aliphatic rings. The summed E-state index contributed by atoms with van der Waals surface area (Å²) in [6, 6.07) is 12.2. The Kier molecular flexibility index (Phi) is 8.64. The maximum Gasteiger partial charge on any atom is 0.257 e. The van der Waals surface area contributed by atoms with Crippen LogP contribution in [-0.4, -0.2) is 57.5 Å². The molecule has 3 aromatic rings. The number of hydrogen-bond acceptors (Lipinski definition) is 6. The largest absolute Gasteiger partial charge is 0.391 e. The Morgan fingerprint density at radius 2 is 1.81 bits per heavy atom. The number of benzene rings is 2. The highest BCUT2D eigenvalue weighted by Gasteiger charge is 2.57. The number of fused-ring (bicyclic) bond motifs is 1. The molecule has 1 fully saturated rings. The van der Waals surface area contributed by atoms with Gasteiger partial charge in [-0.05, 0) is 81.2 Å². The van der Waals surface area contributed by atoms with E-state index in [1.807, 2.05) is 0 Å². The molecule has 2 aromatic carbocycles. The molecule has 7 nitrogen and oxygen atoms in total. The molecule has 1 saturated heterocycles. The smallest absolute Gasteiger partial charge is 0.257 e. The van der Waals surface area contributed by atoms with Crippen LogP contribution in [0.2, 0.25) is 10.0 Å². The van der Waals surface area contributed by atoms with E-state index >= 15 is 8.78 Å². The summed E-state index contributed by atoms with van der Waals surface area (Å²) in [4.78, 5) is 20.0. The number of nitrogens with one attached hydrogen (secondary N) is 1. The monoisotopic (exact) mass is 619 g/mol. The van der Waals surface area contributed by atoms with Gasteiger partial charge in [0.1, 0.15) is 17.1 Å². The number of aliphatic hydroxyl groups excluding tert-OH is 1. The first-order chi connectivity index (χ1) is 19.9. The van der Waals surface area contributed by atoms with Crippen LogP contribution in [-0.2, 0) is 22.6 Å². The van der Waals surface area contributed by atoms with E-state index in [0.717, 1.165) is 6.07 Å². The van der Waals surface area contributed by atoms with Crippen molar-refractivity contribution < 1.29 is 28.5 Å². The Bertz CT molecular complexity index is 1450. The number of aliphatic hydroxyl groups is 2. The predicted molar refractivity (Wildman–Crippen MR) is 156 cm³/mol. The van der Waals surface area contributed by atoms with Crippen molar-refractivity contribution in [2.75, 3.05) is 19.7 Å². The maximum absolute atomic E-state index is 16.6. The Hall–Kier alpha value is -2.66. The minimum Gasteiger partial charge on any atom is -0.391 e. The van der Waals surface area contributed by atoms with Crippen LogP contribution in [0.4, 0.5) is 8.78 Å². The van der Waals surface area contributed by atoms with E-state index in [1.165, 1.54) is 24.1 Å². The van der Waals surface area contributed by atoms with Crippen molar-refractivity contribution in [3.05, 3.63) is 98.5 Å². The number of amides is 1. The van der Waals surface area contributed by atoms with E-state index in [4.69, 9.17) is 27.9 Å². The van der Waals surface area contributed by atoms with Crippen LogP contribution >= 0.6 is 23.2 Å². The van der Waals surface area contributed by atoms with Gasteiger partial charge in [-0.2, -0.15) is 0 Å². The fourth-order valence-corrected chi connectivity index (χ4v) is 6.33. The normalized spacial score (nSPS) is 22.1. The highest BCUT2D eigenvalue weighted by molar-refractivity contribution is 6.30. The van der Waals surface area contributed by atoms with Gasteiger partial charge in [0.05, 0.1) is 41.1 Å². The second-order valence-electron chi connectivity index (χ2n) is 11.0. The molecule has 3 atom stereocenters. The average Bonchev–Trinajstić information content (AvgIpc) is 3.21. The second-order valence-corrected chi connectivity index (χ2v) is 11.9. The lowest BCUT2D eigenvalue weighted by Crippen LogP contribution is -2.54. The molecule has 1 amide bonds. The van der Waals surface area contributed by atoms with Crippen molar-refractivity contribution in [2.24, 2.45) is 0 Å². The number of rotatable bonds is 9. The summed E-state index contributed by atoms with van der Waals surface area (Å²) >= 11 is 12.2. The SMILES string of the molecule is CCC(O)(c1cc(F)c2c(c1)C(=O)N(Cc1ccc(Cl)cn1)[C@@]2(OCC(C)O)c1ccc(Cl)cc1)C1(F)CCNCC1. The van der Waals surface area contributed by atoms with Crippen molar-refractivity contribution in [1.29, 1.82) is 0 Å². The van der Waals surface area contributed by atoms with Gasteiger partial charge >= 0.3 is 0 Å². The molecule has 224 valence electrons. The minimum absolute atomic E-state index is 0.0222. The van der Waals surface area contributed by atoms with Crippen LogP contribution in [0.5, 0.6) is 0 Å². The van der Waals surface area contributed by atoms with Crippen molar-refractivity contribution in [3.63, 3.8) is 0 Å². The third-order valence-corrected chi connectivity index (χ3v) is 8.76. The molecule has 2 unspecified atom stereocenters. The van der Waals surface area contributed by atoms with Gasteiger partial charge in [-0.3, -0.25) is 14.7 Å². The van der Waals surface area contributed by atoms with Gasteiger partial charge in [-0.1, -0.05) is 42.3 Å². The quantitative estimate of drug-likeness (QED) is 0.294. The molecule has 0 radical (unpaired) electrons. The first-order valence-corrected chi connectivity index (χ1v) is 14.7. The summed E-state index contributed by atoms with van der Waals surface area (Å²) in [6.07, 6.45) is 0.512. The fraction of sp³-hybridized carbons (Fsp3) is 0.419. The number of nitrogens with zero attached hydrogens (tertiary/aromatic N) is 2. The number of carbonyl (C=O) groups excluding carboxylic acids is 1. The summed E-state index contributed by atoms with van der Waals surface area (Å²) < 4.78 is 39.3. The van der Waals surface area contributed by atoms with Gasteiger partial charge in [0.25, 0.3) is 5.91 Å². The van der Waals surface area contributed by atoms with E-state index in [0.29, 0.717) is 34.4 Å². The minimum atomic E-state index is -2.04. The zero-order valence-electron chi connectivity index (χ0n) is 23.3.